The number of fused-ring (bicyclic) bond motifs is 1. The average molecular weight is 558 g/mol. The number of nitrogens with one attached hydrogen (secondary N) is 1. The molecule has 0 fully saturated rings. The van der Waals surface area contributed by atoms with Crippen molar-refractivity contribution in [3.8, 4) is 28.4 Å². The molecule has 1 atom stereocenters. The summed E-state index contributed by atoms with van der Waals surface area (Å²) in [6.07, 6.45) is 4.76. The highest BCUT2D eigenvalue weighted by molar-refractivity contribution is 5.78. The molecule has 0 spiro atoms. The largest absolute Gasteiger partial charge is 0.497 e. The van der Waals surface area contributed by atoms with E-state index in [1.807, 2.05) is 32.3 Å². The third kappa shape index (κ3) is 6.92. The van der Waals surface area contributed by atoms with Gasteiger partial charge in [0, 0.05) is 50.4 Å². The lowest BCUT2D eigenvalue weighted by atomic mass is 10.1. The van der Waals surface area contributed by atoms with E-state index in [4.69, 9.17) is 14.7 Å². The Kier molecular flexibility index (Phi) is 9.26. The molecule has 0 radical (unpaired) electrons. The first kappa shape index (κ1) is 28.7. The Morgan fingerprint density at radius 2 is 1.90 bits per heavy atom. The van der Waals surface area contributed by atoms with E-state index in [9.17, 15) is 4.39 Å². The van der Waals surface area contributed by atoms with Crippen LogP contribution in [0.15, 0.2) is 60.8 Å². The molecule has 0 aliphatic carbocycles. The second kappa shape index (κ2) is 13.2. The summed E-state index contributed by atoms with van der Waals surface area (Å²) in [5.41, 5.74) is 4.72. The normalized spacial score (nSPS) is 14.6. The molecule has 9 heteroatoms. The Hall–Kier alpha value is -3.82. The van der Waals surface area contributed by atoms with E-state index in [1.165, 1.54) is 17.7 Å². The Morgan fingerprint density at radius 3 is 2.66 bits per heavy atom. The summed E-state index contributed by atoms with van der Waals surface area (Å²) in [5.74, 6) is 2.25. The Labute approximate surface area is 242 Å². The molecule has 3 heterocycles. The lowest BCUT2D eigenvalue weighted by molar-refractivity contribution is 0.227. The molecule has 0 amide bonds. The Morgan fingerprint density at radius 1 is 1.07 bits per heavy atom. The highest BCUT2D eigenvalue weighted by atomic mass is 19.1. The van der Waals surface area contributed by atoms with Crippen molar-refractivity contribution in [1.82, 2.24) is 29.3 Å². The van der Waals surface area contributed by atoms with Crippen LogP contribution in [0.2, 0.25) is 0 Å². The minimum absolute atomic E-state index is 0.235. The van der Waals surface area contributed by atoms with E-state index in [0.717, 1.165) is 86.2 Å². The molecular weight excluding hydrogens is 517 g/mol. The number of aromatic nitrogens is 4. The van der Waals surface area contributed by atoms with Gasteiger partial charge in [-0.2, -0.15) is 0 Å². The molecule has 0 unspecified atom stereocenters. The summed E-state index contributed by atoms with van der Waals surface area (Å²) in [6.45, 7) is 6.57. The van der Waals surface area contributed by atoms with E-state index < -0.39 is 0 Å². The lowest BCUT2D eigenvalue weighted by Crippen LogP contribution is -2.30. The van der Waals surface area contributed by atoms with Crippen LogP contribution in [0.5, 0.6) is 5.75 Å². The molecule has 4 aromatic rings. The predicted octanol–water partition coefficient (Wildman–Crippen LogP) is 5.53. The van der Waals surface area contributed by atoms with Crippen molar-refractivity contribution < 1.29 is 9.13 Å². The summed E-state index contributed by atoms with van der Waals surface area (Å²) < 4.78 is 21.7. The number of rotatable bonds is 13. The van der Waals surface area contributed by atoms with Crippen molar-refractivity contribution in [3.05, 3.63) is 78.0 Å². The fraction of sp³-hybridized carbons (Fsp3) is 0.406. The zero-order valence-electron chi connectivity index (χ0n) is 24.5. The van der Waals surface area contributed by atoms with Gasteiger partial charge in [0.2, 0.25) is 5.95 Å². The van der Waals surface area contributed by atoms with Gasteiger partial charge in [-0.05, 0) is 81.5 Å². The molecule has 41 heavy (non-hydrogen) atoms. The van der Waals surface area contributed by atoms with Crippen LogP contribution in [0, 0.1) is 5.82 Å². The molecule has 1 aliphatic heterocycles. The highest BCUT2D eigenvalue weighted by Gasteiger charge is 2.32. The van der Waals surface area contributed by atoms with Crippen molar-refractivity contribution in [2.45, 2.75) is 38.8 Å². The van der Waals surface area contributed by atoms with Crippen molar-refractivity contribution in [1.29, 1.82) is 0 Å². The third-order valence-electron chi connectivity index (χ3n) is 7.46. The molecule has 8 nitrogen and oxygen atoms in total. The molecule has 1 N–H and O–H groups in total. The number of halogens is 1. The minimum atomic E-state index is -0.262. The Bertz CT molecular complexity index is 1440. The van der Waals surface area contributed by atoms with E-state index in [1.54, 1.807) is 25.4 Å². The maximum absolute atomic E-state index is 13.8. The van der Waals surface area contributed by atoms with Gasteiger partial charge in [0.1, 0.15) is 17.4 Å². The van der Waals surface area contributed by atoms with Gasteiger partial charge < -0.3 is 19.5 Å². The van der Waals surface area contributed by atoms with Crippen molar-refractivity contribution in [3.63, 3.8) is 0 Å². The third-order valence-corrected chi connectivity index (χ3v) is 7.46. The molecule has 2 aromatic heterocycles. The number of anilines is 1. The average Bonchev–Trinajstić information content (AvgIpc) is 3.53. The summed E-state index contributed by atoms with van der Waals surface area (Å²) in [6, 6.07) is 17.1. The minimum Gasteiger partial charge on any atom is -0.497 e. The van der Waals surface area contributed by atoms with Crippen LogP contribution in [0.3, 0.4) is 0 Å². The fourth-order valence-corrected chi connectivity index (χ4v) is 5.55. The number of imidazole rings is 1. The van der Waals surface area contributed by atoms with Gasteiger partial charge in [0.25, 0.3) is 0 Å². The van der Waals surface area contributed by atoms with Gasteiger partial charge >= 0.3 is 0 Å². The second-order valence-electron chi connectivity index (χ2n) is 10.9. The molecule has 0 bridgehead atoms. The second-order valence-corrected chi connectivity index (χ2v) is 10.9. The maximum Gasteiger partial charge on any atom is 0.223 e. The molecule has 0 saturated heterocycles. The summed E-state index contributed by atoms with van der Waals surface area (Å²) in [5, 5.41) is 3.35. The van der Waals surface area contributed by atoms with Crippen molar-refractivity contribution in [2.24, 2.45) is 0 Å². The number of methoxy groups -OCH3 is 1. The number of hydrogen-bond donors (Lipinski definition) is 1. The van der Waals surface area contributed by atoms with E-state index in [0.29, 0.717) is 5.95 Å². The summed E-state index contributed by atoms with van der Waals surface area (Å²) >= 11 is 0. The SMILES string of the molecule is CCCN(Cc1cccc(OC)c1)C[C@@H]1CCc2nc(-c3ccc(F)cc3)c(-c3ccnc(NCCN(C)C)n3)n21. The number of ether oxygens (including phenoxy) is 1. The van der Waals surface area contributed by atoms with Crippen LogP contribution in [-0.4, -0.2) is 76.7 Å². The molecule has 0 saturated carbocycles. The summed E-state index contributed by atoms with van der Waals surface area (Å²) in [4.78, 5) is 19.1. The zero-order valence-corrected chi connectivity index (χ0v) is 24.5. The van der Waals surface area contributed by atoms with Crippen molar-refractivity contribution in [2.75, 3.05) is 52.7 Å². The first-order chi connectivity index (χ1) is 19.9. The van der Waals surface area contributed by atoms with Crippen LogP contribution in [0.25, 0.3) is 22.6 Å². The van der Waals surface area contributed by atoms with Crippen LogP contribution in [0.4, 0.5) is 10.3 Å². The molecular formula is C32H40FN7O. The first-order valence-corrected chi connectivity index (χ1v) is 14.4. The van der Waals surface area contributed by atoms with Gasteiger partial charge in [-0.3, -0.25) is 4.90 Å². The van der Waals surface area contributed by atoms with Gasteiger partial charge in [0.05, 0.1) is 24.2 Å². The number of benzene rings is 2. The topological polar surface area (TPSA) is 71.3 Å². The number of nitrogens with zero attached hydrogens (tertiary/aromatic N) is 6. The highest BCUT2D eigenvalue weighted by Crippen LogP contribution is 2.39. The van der Waals surface area contributed by atoms with E-state index >= 15 is 0 Å². The van der Waals surface area contributed by atoms with Gasteiger partial charge in [0.15, 0.2) is 0 Å². The van der Waals surface area contributed by atoms with Crippen LogP contribution in [-0.2, 0) is 13.0 Å². The lowest BCUT2D eigenvalue weighted by Gasteiger charge is -2.27. The first-order valence-electron chi connectivity index (χ1n) is 14.4. The number of hydrogen-bond acceptors (Lipinski definition) is 7. The standard InChI is InChI=1S/C32H40FN7O/c1-5-18-39(21-23-7-6-8-27(20-23)41-4)22-26-13-14-29-37-30(24-9-11-25(33)12-10-24)31(40(26)29)28-15-16-34-32(36-28)35-17-19-38(2)3/h6-12,15-16,20,26H,5,13-14,17-19,21-22H2,1-4H3,(H,34,35,36)/t26-/m0/s1. The fourth-order valence-electron chi connectivity index (χ4n) is 5.55. The van der Waals surface area contributed by atoms with Gasteiger partial charge in [-0.25, -0.2) is 19.3 Å². The quantitative estimate of drug-likeness (QED) is 0.232. The predicted molar refractivity (Wildman–Crippen MR) is 162 cm³/mol. The number of aryl methyl sites for hydroxylation is 1. The number of likely N-dealkylation sites (N-methyl/N-ethyl adjacent to an activating group) is 1. The molecule has 2 aromatic carbocycles. The van der Waals surface area contributed by atoms with Gasteiger partial charge in [-0.15, -0.1) is 0 Å². The van der Waals surface area contributed by atoms with Crippen LogP contribution < -0.4 is 10.1 Å². The van der Waals surface area contributed by atoms with Crippen LogP contribution >= 0.6 is 0 Å². The van der Waals surface area contributed by atoms with E-state index in [2.05, 4.69) is 43.7 Å². The van der Waals surface area contributed by atoms with E-state index in [-0.39, 0.29) is 11.9 Å². The molecule has 216 valence electrons. The summed E-state index contributed by atoms with van der Waals surface area (Å²) in [7, 11) is 5.79. The van der Waals surface area contributed by atoms with Gasteiger partial charge in [-0.1, -0.05) is 19.1 Å². The molecule has 5 rings (SSSR count). The molecule has 1 aliphatic rings. The smallest absolute Gasteiger partial charge is 0.223 e. The Balaban J connectivity index is 1.50. The zero-order chi connectivity index (χ0) is 28.8. The van der Waals surface area contributed by atoms with Crippen LogP contribution in [0.1, 0.15) is 37.2 Å². The maximum atomic E-state index is 13.8. The monoisotopic (exact) mass is 557 g/mol. The van der Waals surface area contributed by atoms with Crippen molar-refractivity contribution >= 4 is 5.95 Å².